The van der Waals surface area contributed by atoms with E-state index in [1.54, 1.807) is 11.3 Å². The number of hydrogen-bond acceptors (Lipinski definition) is 4. The normalized spacial score (nSPS) is 15.3. The summed E-state index contributed by atoms with van der Waals surface area (Å²) in [5.41, 5.74) is 3.12. The van der Waals surface area contributed by atoms with Crippen LogP contribution in [0.5, 0.6) is 5.75 Å². The Hall–Kier alpha value is -2.63. The first-order valence-corrected chi connectivity index (χ1v) is 12.5. The molecule has 0 bridgehead atoms. The van der Waals surface area contributed by atoms with Crippen LogP contribution in [0.15, 0.2) is 60.7 Å². The minimum absolute atomic E-state index is 0.0551. The maximum absolute atomic E-state index is 13.0. The Kier molecular flexibility index (Phi) is 7.61. The maximum Gasteiger partial charge on any atom is 0.256 e. The van der Waals surface area contributed by atoms with E-state index in [1.165, 1.54) is 35.3 Å². The topological polar surface area (TPSA) is 41.6 Å². The van der Waals surface area contributed by atoms with Crippen molar-refractivity contribution in [2.24, 2.45) is 0 Å². The number of amides is 1. The minimum atomic E-state index is -0.0551. The van der Waals surface area contributed by atoms with Gasteiger partial charge in [0.05, 0.1) is 12.6 Å². The molecule has 1 aliphatic rings. The van der Waals surface area contributed by atoms with Gasteiger partial charge in [-0.25, -0.2) is 0 Å². The van der Waals surface area contributed by atoms with Crippen molar-refractivity contribution in [3.8, 4) is 5.75 Å². The lowest BCUT2D eigenvalue weighted by Crippen LogP contribution is -2.34. The fourth-order valence-corrected chi connectivity index (χ4v) is 5.40. The zero-order valence-electron chi connectivity index (χ0n) is 19.0. The number of carbonyl (C=O) groups is 1. The number of ether oxygens (including phenoxy) is 1. The van der Waals surface area contributed by atoms with E-state index >= 15 is 0 Å². The third-order valence-corrected chi connectivity index (χ3v) is 7.19. The van der Waals surface area contributed by atoms with Gasteiger partial charge in [-0.3, -0.25) is 9.69 Å². The van der Waals surface area contributed by atoms with Crippen molar-refractivity contribution in [3.63, 3.8) is 0 Å². The van der Waals surface area contributed by atoms with E-state index in [9.17, 15) is 4.79 Å². The highest BCUT2D eigenvalue weighted by Crippen LogP contribution is 2.41. The Morgan fingerprint density at radius 1 is 1.03 bits per heavy atom. The van der Waals surface area contributed by atoms with Crippen LogP contribution in [0.2, 0.25) is 0 Å². The highest BCUT2D eigenvalue weighted by Gasteiger charge is 2.28. The summed E-state index contributed by atoms with van der Waals surface area (Å²) in [4.78, 5) is 16.8. The molecule has 4 nitrogen and oxygen atoms in total. The summed E-state index contributed by atoms with van der Waals surface area (Å²) in [5.74, 6) is 0.839. The number of nitrogens with one attached hydrogen (secondary N) is 1. The van der Waals surface area contributed by atoms with Gasteiger partial charge in [-0.2, -0.15) is 0 Å². The van der Waals surface area contributed by atoms with Crippen LogP contribution < -0.4 is 10.1 Å². The van der Waals surface area contributed by atoms with Crippen LogP contribution in [0.1, 0.15) is 65.5 Å². The van der Waals surface area contributed by atoms with E-state index < -0.39 is 0 Å². The fraction of sp³-hybridized carbons (Fsp3) is 0.370. The zero-order valence-corrected chi connectivity index (χ0v) is 19.8. The molecule has 1 amide bonds. The zero-order chi connectivity index (χ0) is 22.3. The molecule has 1 fully saturated rings. The fourth-order valence-electron chi connectivity index (χ4n) is 4.37. The number of carbonyl (C=O) groups excluding carboxylic acids is 1. The average Bonchev–Trinajstić information content (AvgIpc) is 3.24. The second-order valence-corrected chi connectivity index (χ2v) is 9.31. The van der Waals surface area contributed by atoms with E-state index in [1.807, 2.05) is 37.3 Å². The summed E-state index contributed by atoms with van der Waals surface area (Å²) in [6, 6.07) is 20.3. The molecule has 2 heterocycles. The van der Waals surface area contributed by atoms with Gasteiger partial charge in [0, 0.05) is 16.0 Å². The number of likely N-dealkylation sites (tertiary alicyclic amines) is 1. The van der Waals surface area contributed by atoms with Gasteiger partial charge in [-0.05, 0) is 75.2 Å². The number of piperidine rings is 1. The molecule has 5 heteroatoms. The Bertz CT molecular complexity index is 1010. The standard InChI is InChI=1S/C27H32N2O2S/c1-3-23-19-24(27(32-23)28-26(30)21-11-7-5-8-12-21)25(29-17-9-6-10-18-29)20-13-15-22(16-14-20)31-4-2/h5,7-8,11-16,19,25H,3-4,6,9-10,17-18H2,1-2H3,(H,28,30)/t25-/m1/s1. The van der Waals surface area contributed by atoms with Crippen LogP contribution in [0, 0.1) is 0 Å². The highest BCUT2D eigenvalue weighted by atomic mass is 32.1. The van der Waals surface area contributed by atoms with Crippen LogP contribution in [0.4, 0.5) is 5.00 Å². The molecule has 1 N–H and O–H groups in total. The van der Waals surface area contributed by atoms with E-state index in [-0.39, 0.29) is 11.9 Å². The second kappa shape index (κ2) is 10.8. The molecule has 0 unspecified atom stereocenters. The third-order valence-electron chi connectivity index (χ3n) is 5.98. The summed E-state index contributed by atoms with van der Waals surface area (Å²) in [6.45, 7) is 6.98. The molecular weight excluding hydrogens is 416 g/mol. The van der Waals surface area contributed by atoms with Crippen molar-refractivity contribution in [1.29, 1.82) is 0 Å². The first-order valence-electron chi connectivity index (χ1n) is 11.7. The van der Waals surface area contributed by atoms with Crippen LogP contribution in [0.3, 0.4) is 0 Å². The van der Waals surface area contributed by atoms with Gasteiger partial charge < -0.3 is 10.1 Å². The first-order chi connectivity index (χ1) is 15.7. The Morgan fingerprint density at radius 3 is 2.41 bits per heavy atom. The number of benzene rings is 2. The average molecular weight is 449 g/mol. The molecule has 0 saturated carbocycles. The van der Waals surface area contributed by atoms with Crippen LogP contribution in [0.25, 0.3) is 0 Å². The number of anilines is 1. The van der Waals surface area contributed by atoms with Crippen molar-refractivity contribution in [2.45, 2.75) is 45.6 Å². The van der Waals surface area contributed by atoms with E-state index in [2.05, 4.69) is 47.5 Å². The van der Waals surface area contributed by atoms with Crippen molar-refractivity contribution in [3.05, 3.63) is 82.2 Å². The molecule has 32 heavy (non-hydrogen) atoms. The summed E-state index contributed by atoms with van der Waals surface area (Å²) in [6.07, 6.45) is 4.66. The summed E-state index contributed by atoms with van der Waals surface area (Å²) >= 11 is 1.70. The van der Waals surface area contributed by atoms with E-state index in [4.69, 9.17) is 4.74 Å². The number of nitrogens with zero attached hydrogens (tertiary/aromatic N) is 1. The molecule has 1 saturated heterocycles. The highest BCUT2D eigenvalue weighted by molar-refractivity contribution is 7.16. The van der Waals surface area contributed by atoms with Crippen molar-refractivity contribution in [2.75, 3.05) is 25.0 Å². The Morgan fingerprint density at radius 2 is 1.75 bits per heavy atom. The third kappa shape index (κ3) is 5.22. The van der Waals surface area contributed by atoms with Gasteiger partial charge >= 0.3 is 0 Å². The van der Waals surface area contributed by atoms with Gasteiger partial charge in [-0.1, -0.05) is 43.7 Å². The van der Waals surface area contributed by atoms with Crippen LogP contribution >= 0.6 is 11.3 Å². The van der Waals surface area contributed by atoms with Gasteiger partial charge in [0.25, 0.3) is 5.91 Å². The molecule has 168 valence electrons. The lowest BCUT2D eigenvalue weighted by atomic mass is 9.95. The monoisotopic (exact) mass is 448 g/mol. The van der Waals surface area contributed by atoms with Gasteiger partial charge in [0.15, 0.2) is 0 Å². The van der Waals surface area contributed by atoms with Gasteiger partial charge in [0.2, 0.25) is 0 Å². The number of hydrogen-bond donors (Lipinski definition) is 1. The second-order valence-electron chi connectivity index (χ2n) is 8.17. The summed E-state index contributed by atoms with van der Waals surface area (Å²) in [7, 11) is 0. The Labute approximate surface area is 195 Å². The molecule has 0 spiro atoms. The molecule has 2 aromatic carbocycles. The molecule has 0 radical (unpaired) electrons. The molecule has 3 aromatic rings. The smallest absolute Gasteiger partial charge is 0.256 e. The predicted molar refractivity (Wildman–Crippen MR) is 133 cm³/mol. The molecular formula is C27H32N2O2S. The summed E-state index contributed by atoms with van der Waals surface area (Å²) < 4.78 is 5.67. The van der Waals surface area contributed by atoms with E-state index in [0.717, 1.165) is 30.3 Å². The lowest BCUT2D eigenvalue weighted by Gasteiger charge is -2.35. The first kappa shape index (κ1) is 22.6. The molecule has 1 aromatic heterocycles. The molecule has 4 rings (SSSR count). The predicted octanol–water partition coefficient (Wildman–Crippen LogP) is 6.54. The van der Waals surface area contributed by atoms with Crippen LogP contribution in [-0.4, -0.2) is 30.5 Å². The minimum Gasteiger partial charge on any atom is -0.494 e. The van der Waals surface area contributed by atoms with Crippen molar-refractivity contribution < 1.29 is 9.53 Å². The number of aryl methyl sites for hydroxylation is 1. The molecule has 1 aliphatic heterocycles. The SMILES string of the molecule is CCOc1ccc([C@H](c2cc(CC)sc2NC(=O)c2ccccc2)N2CCCCC2)cc1. The van der Waals surface area contributed by atoms with Crippen LogP contribution in [-0.2, 0) is 6.42 Å². The maximum atomic E-state index is 13.0. The molecule has 0 aliphatic carbocycles. The van der Waals surface area contributed by atoms with E-state index in [0.29, 0.717) is 12.2 Å². The summed E-state index contributed by atoms with van der Waals surface area (Å²) in [5, 5.41) is 4.19. The number of rotatable bonds is 8. The van der Waals surface area contributed by atoms with Gasteiger partial charge in [0.1, 0.15) is 10.8 Å². The Balaban J connectivity index is 1.71. The largest absolute Gasteiger partial charge is 0.494 e. The van der Waals surface area contributed by atoms with Crippen molar-refractivity contribution >= 4 is 22.2 Å². The number of thiophene rings is 1. The molecule has 1 atom stereocenters. The quantitative estimate of drug-likeness (QED) is 0.425. The lowest BCUT2D eigenvalue weighted by molar-refractivity contribution is 0.102. The van der Waals surface area contributed by atoms with Crippen molar-refractivity contribution in [1.82, 2.24) is 4.90 Å². The van der Waals surface area contributed by atoms with Gasteiger partial charge in [-0.15, -0.1) is 11.3 Å².